The molecule has 7 rings (SSSR count). The highest BCUT2D eigenvalue weighted by molar-refractivity contribution is 6.74. The number of aromatic nitrogens is 2. The minimum absolute atomic E-state index is 0. The van der Waals surface area contributed by atoms with E-state index in [9.17, 15) is 14.7 Å². The Morgan fingerprint density at radius 2 is 1.18 bits per heavy atom. The van der Waals surface area contributed by atoms with Crippen LogP contribution in [0, 0.1) is 0 Å². The number of pyridine rings is 2. The van der Waals surface area contributed by atoms with Crippen LogP contribution in [0.4, 0.5) is 32.6 Å². The topological polar surface area (TPSA) is 153 Å². The Morgan fingerprint density at radius 3 is 1.56 bits per heavy atom. The zero-order chi connectivity index (χ0) is 43.1. The lowest BCUT2D eigenvalue weighted by molar-refractivity contribution is 0.198. The highest BCUT2D eigenvalue weighted by Gasteiger charge is 2.39. The molecular weight excluding hydrogens is 855 g/mol. The molecule has 2 aromatic carbocycles. The minimum Gasteiger partial charge on any atom is -0.542 e. The fourth-order valence-electron chi connectivity index (χ4n) is 6.57. The monoisotopic (exact) mass is 914 g/mol. The molecule has 0 spiro atoms. The number of carbonyl (C=O) groups excluding carboxylic acids is 2. The number of nitrogens with zero attached hydrogens (tertiary/aromatic N) is 4. The average Bonchev–Trinajstić information content (AvgIpc) is 3.81. The zero-order valence-corrected chi connectivity index (χ0v) is 39.1. The van der Waals surface area contributed by atoms with Crippen LogP contribution in [-0.2, 0) is 4.74 Å². The lowest BCUT2D eigenvalue weighted by atomic mass is 10.1. The maximum Gasteiger partial charge on any atom is 0.320 e. The molecular formula is C44H61Cl3N8O5Si. The number of hydrogen-bond acceptors (Lipinski definition) is 9. The number of benzene rings is 2. The third-order valence-electron chi connectivity index (χ3n) is 10.9. The number of rotatable bonds is 8. The van der Waals surface area contributed by atoms with Gasteiger partial charge in [0.05, 0.1) is 12.4 Å². The summed E-state index contributed by atoms with van der Waals surface area (Å²) in [7, 11) is -1.91. The van der Waals surface area contributed by atoms with Crippen LogP contribution in [0.1, 0.15) is 59.3 Å². The summed E-state index contributed by atoms with van der Waals surface area (Å²) in [5.41, 5.74) is 2.22. The van der Waals surface area contributed by atoms with E-state index in [1.54, 1.807) is 18.3 Å². The second-order valence-corrected chi connectivity index (χ2v) is 22.3. The van der Waals surface area contributed by atoms with E-state index in [1.807, 2.05) is 54.6 Å². The molecule has 17 heteroatoms. The molecule has 0 aliphatic carbocycles. The van der Waals surface area contributed by atoms with Gasteiger partial charge in [-0.15, -0.1) is 12.4 Å². The Kier molecular flexibility index (Phi) is 19.1. The SMILES string of the molecule is C1CCOC1.CC(C)(C)[Si](C)(C)Oc1ccc(NC(=O)NC2CCCN(c3ccc(Cl)cc3)C2)nc1.Cl.O=C(Nc1ccc(O)cn1)NC1CCCN(c2ccc(Cl)cc2)C1. The van der Waals surface area contributed by atoms with Crippen molar-refractivity contribution in [3.8, 4) is 11.5 Å². The predicted molar refractivity (Wildman–Crippen MR) is 253 cm³/mol. The van der Waals surface area contributed by atoms with Crippen LogP contribution in [0.3, 0.4) is 0 Å². The molecule has 3 aliphatic rings. The second-order valence-electron chi connectivity index (χ2n) is 16.7. The highest BCUT2D eigenvalue weighted by atomic mass is 35.5. The standard InChI is InChI=1S/C23H33ClN4O2Si.C17H19ClN4O2.C4H8O.ClH/c1-23(2,3)31(4,5)30-20-12-13-21(25-15-20)27-22(29)26-18-7-6-14-28(16-18)19-10-8-17(24)9-11-19;18-12-3-5-14(6-4-12)22-9-1-2-13(11-22)20-17(24)21-16-8-7-15(23)10-19-16;1-2-4-5-3-1;/h8-13,15,18H,6-7,14,16H2,1-5H3,(H2,25,26,27,29);3-8,10,13,23H,1-2,9,11H2,(H2,19,20,21,24);1-4H2;1H. The third-order valence-corrected chi connectivity index (χ3v) is 15.7. The van der Waals surface area contributed by atoms with Crippen LogP contribution in [0.5, 0.6) is 11.5 Å². The van der Waals surface area contributed by atoms with E-state index in [0.29, 0.717) is 16.7 Å². The van der Waals surface area contributed by atoms with Crippen LogP contribution < -0.4 is 35.5 Å². The van der Waals surface area contributed by atoms with Gasteiger partial charge in [-0.2, -0.15) is 0 Å². The van der Waals surface area contributed by atoms with Crippen molar-refractivity contribution in [1.29, 1.82) is 0 Å². The second kappa shape index (κ2) is 23.7. The minimum atomic E-state index is -1.91. The molecule has 2 atom stereocenters. The van der Waals surface area contributed by atoms with Crippen LogP contribution in [0.15, 0.2) is 85.2 Å². The van der Waals surface area contributed by atoms with E-state index >= 15 is 0 Å². The van der Waals surface area contributed by atoms with Gasteiger partial charge in [-0.3, -0.25) is 10.6 Å². The van der Waals surface area contributed by atoms with Gasteiger partial charge >= 0.3 is 12.1 Å². The average molecular weight is 916 g/mol. The number of anilines is 4. The largest absolute Gasteiger partial charge is 0.542 e. The Balaban J connectivity index is 0.000000242. The van der Waals surface area contributed by atoms with Gasteiger partial charge in [-0.25, -0.2) is 19.6 Å². The molecule has 2 unspecified atom stereocenters. The quantitative estimate of drug-likeness (QED) is 0.109. The molecule has 332 valence electrons. The van der Waals surface area contributed by atoms with Crippen molar-refractivity contribution >= 4 is 79.0 Å². The third kappa shape index (κ3) is 16.4. The summed E-state index contributed by atoms with van der Waals surface area (Å²) in [4.78, 5) is 37.4. The lowest BCUT2D eigenvalue weighted by Crippen LogP contribution is -2.49. The van der Waals surface area contributed by atoms with Crippen molar-refractivity contribution in [2.24, 2.45) is 0 Å². The van der Waals surface area contributed by atoms with Gasteiger partial charge < -0.3 is 34.7 Å². The van der Waals surface area contributed by atoms with E-state index in [4.69, 9.17) is 32.4 Å². The summed E-state index contributed by atoms with van der Waals surface area (Å²) >= 11 is 11.9. The fourth-order valence-corrected chi connectivity index (χ4v) is 7.84. The number of halogens is 3. The van der Waals surface area contributed by atoms with Gasteiger partial charge in [0.15, 0.2) is 0 Å². The number of urea groups is 2. The maximum absolute atomic E-state index is 12.5. The van der Waals surface area contributed by atoms with Gasteiger partial charge in [0.2, 0.25) is 0 Å². The number of hydrogen-bond donors (Lipinski definition) is 5. The molecule has 5 heterocycles. The van der Waals surface area contributed by atoms with Crippen LogP contribution in [-0.4, -0.2) is 86.9 Å². The predicted octanol–water partition coefficient (Wildman–Crippen LogP) is 10.4. The number of amides is 4. The Morgan fingerprint density at radius 1 is 0.721 bits per heavy atom. The van der Waals surface area contributed by atoms with Crippen molar-refractivity contribution in [3.63, 3.8) is 0 Å². The summed E-state index contributed by atoms with van der Waals surface area (Å²) in [6.45, 7) is 16.4. The Hall–Kier alpha value is -4.47. The van der Waals surface area contributed by atoms with E-state index in [-0.39, 0.29) is 47.3 Å². The van der Waals surface area contributed by atoms with Gasteiger partial charge in [0.25, 0.3) is 8.32 Å². The van der Waals surface area contributed by atoms with Crippen LogP contribution in [0.2, 0.25) is 28.2 Å². The molecule has 5 N–H and O–H groups in total. The molecule has 3 aliphatic heterocycles. The van der Waals surface area contributed by atoms with E-state index in [1.165, 1.54) is 25.1 Å². The molecule has 0 bridgehead atoms. The normalized spacial score (nSPS) is 17.6. The van der Waals surface area contributed by atoms with Crippen molar-refractivity contribution < 1.29 is 23.9 Å². The molecule has 61 heavy (non-hydrogen) atoms. The van der Waals surface area contributed by atoms with Crippen molar-refractivity contribution in [2.75, 3.05) is 59.8 Å². The number of nitrogens with one attached hydrogen (secondary N) is 4. The summed E-state index contributed by atoms with van der Waals surface area (Å²) in [5, 5.41) is 22.3. The number of carbonyl (C=O) groups is 2. The summed E-state index contributed by atoms with van der Waals surface area (Å²) < 4.78 is 11.2. The van der Waals surface area contributed by atoms with Gasteiger partial charge in [-0.1, -0.05) is 44.0 Å². The van der Waals surface area contributed by atoms with E-state index in [0.717, 1.165) is 87.2 Å². The molecule has 0 radical (unpaired) electrons. The first-order valence-corrected chi connectivity index (χ1v) is 24.3. The van der Waals surface area contributed by atoms with Crippen molar-refractivity contribution in [2.45, 2.75) is 89.5 Å². The molecule has 3 fully saturated rings. The smallest absolute Gasteiger partial charge is 0.320 e. The zero-order valence-electron chi connectivity index (χ0n) is 35.8. The number of piperidine rings is 2. The van der Waals surface area contributed by atoms with E-state index < -0.39 is 8.32 Å². The fraction of sp³-hybridized carbons (Fsp3) is 0.455. The molecule has 4 amide bonds. The molecule has 13 nitrogen and oxygen atoms in total. The molecule has 3 saturated heterocycles. The first kappa shape index (κ1) is 49.2. The number of aromatic hydroxyl groups is 1. The Bertz CT molecular complexity index is 1930. The summed E-state index contributed by atoms with van der Waals surface area (Å²) in [6, 6.07) is 21.8. The molecule has 4 aromatic rings. The summed E-state index contributed by atoms with van der Waals surface area (Å²) in [6.07, 6.45) is 9.43. The van der Waals surface area contributed by atoms with Gasteiger partial charge in [0.1, 0.15) is 23.1 Å². The Labute approximate surface area is 377 Å². The first-order valence-electron chi connectivity index (χ1n) is 20.7. The van der Waals surface area contributed by atoms with E-state index in [2.05, 4.69) is 74.9 Å². The molecule has 2 aromatic heterocycles. The lowest BCUT2D eigenvalue weighted by Gasteiger charge is -2.36. The highest BCUT2D eigenvalue weighted by Crippen LogP contribution is 2.37. The maximum atomic E-state index is 12.5. The van der Waals surface area contributed by atoms with Gasteiger partial charge in [-0.05, 0) is 129 Å². The summed E-state index contributed by atoms with van der Waals surface area (Å²) in [5.74, 6) is 1.70. The first-order chi connectivity index (χ1) is 28.6. The number of ether oxygens (including phenoxy) is 1. The van der Waals surface area contributed by atoms with Crippen molar-refractivity contribution in [1.82, 2.24) is 20.6 Å². The van der Waals surface area contributed by atoms with Gasteiger partial charge in [0, 0.05) is 72.9 Å². The van der Waals surface area contributed by atoms with Crippen molar-refractivity contribution in [3.05, 3.63) is 95.2 Å². The van der Waals surface area contributed by atoms with Crippen LogP contribution in [0.25, 0.3) is 0 Å². The molecule has 0 saturated carbocycles. The van der Waals surface area contributed by atoms with Crippen LogP contribution >= 0.6 is 35.6 Å².